The molecule has 15 heavy (non-hydrogen) atoms. The molecule has 1 fully saturated rings. The van der Waals surface area contributed by atoms with Crippen molar-refractivity contribution in [1.29, 1.82) is 0 Å². The van der Waals surface area contributed by atoms with Crippen molar-refractivity contribution in [1.82, 2.24) is 0 Å². The van der Waals surface area contributed by atoms with Crippen LogP contribution in [0.25, 0.3) is 0 Å². The minimum atomic E-state index is -0.576. The van der Waals surface area contributed by atoms with Crippen molar-refractivity contribution in [3.8, 4) is 0 Å². The van der Waals surface area contributed by atoms with E-state index in [1.54, 1.807) is 0 Å². The van der Waals surface area contributed by atoms with Crippen LogP contribution in [0.5, 0.6) is 0 Å². The van der Waals surface area contributed by atoms with Crippen LogP contribution in [0.2, 0.25) is 5.02 Å². The maximum Gasteiger partial charge on any atom is 0.142 e. The third-order valence-corrected chi connectivity index (χ3v) is 3.65. The molecule has 2 N–H and O–H groups in total. The molecule has 1 nitrogen and oxygen atoms in total. The highest BCUT2D eigenvalue weighted by molar-refractivity contribution is 6.31. The van der Waals surface area contributed by atoms with Gasteiger partial charge in [0, 0.05) is 17.5 Å². The summed E-state index contributed by atoms with van der Waals surface area (Å²) in [6.07, 6.45) is 2.55. The number of benzene rings is 1. The monoisotopic (exact) mass is 231 g/mol. The molecule has 1 saturated carbocycles. The van der Waals surface area contributed by atoms with Crippen LogP contribution in [0.3, 0.4) is 0 Å². The van der Waals surface area contributed by atoms with Crippen LogP contribution in [0.15, 0.2) is 12.1 Å². The maximum absolute atomic E-state index is 13.6. The molecule has 0 radical (unpaired) electrons. The summed E-state index contributed by atoms with van der Waals surface area (Å²) in [4.78, 5) is 0. The minimum Gasteiger partial charge on any atom is -0.330 e. The lowest BCUT2D eigenvalue weighted by Crippen LogP contribution is -2.42. The average molecular weight is 232 g/mol. The molecular formula is C11H12ClF2N. The van der Waals surface area contributed by atoms with Gasteiger partial charge in [-0.05, 0) is 25.0 Å². The molecule has 0 aromatic heterocycles. The Balaban J connectivity index is 2.55. The van der Waals surface area contributed by atoms with E-state index in [0.29, 0.717) is 6.54 Å². The van der Waals surface area contributed by atoms with Gasteiger partial charge in [-0.1, -0.05) is 18.0 Å². The molecule has 0 atom stereocenters. The highest BCUT2D eigenvalue weighted by Gasteiger charge is 2.41. The molecular weight excluding hydrogens is 220 g/mol. The second kappa shape index (κ2) is 3.72. The zero-order valence-electron chi connectivity index (χ0n) is 8.19. The van der Waals surface area contributed by atoms with Gasteiger partial charge in [0.05, 0.1) is 5.02 Å². The van der Waals surface area contributed by atoms with Crippen molar-refractivity contribution in [2.45, 2.75) is 24.7 Å². The molecule has 0 spiro atoms. The number of rotatable bonds is 2. The van der Waals surface area contributed by atoms with E-state index >= 15 is 0 Å². The summed E-state index contributed by atoms with van der Waals surface area (Å²) in [5.41, 5.74) is 5.46. The van der Waals surface area contributed by atoms with Crippen LogP contribution >= 0.6 is 11.6 Å². The van der Waals surface area contributed by atoms with Gasteiger partial charge in [0.25, 0.3) is 0 Å². The standard InChI is InChI=1S/C11H12ClF2N/c12-10-8(14)3-2-7(13)9(10)11(6-15)4-1-5-11/h2-3H,1,4-6,15H2. The van der Waals surface area contributed by atoms with Gasteiger partial charge >= 0.3 is 0 Å². The third-order valence-electron chi connectivity index (χ3n) is 3.28. The quantitative estimate of drug-likeness (QED) is 0.778. The molecule has 4 heteroatoms. The highest BCUT2D eigenvalue weighted by atomic mass is 35.5. The summed E-state index contributed by atoms with van der Waals surface area (Å²) in [6.45, 7) is 0.313. The normalized spacial score (nSPS) is 18.7. The fourth-order valence-electron chi connectivity index (χ4n) is 2.17. The highest BCUT2D eigenvalue weighted by Crippen LogP contribution is 2.46. The summed E-state index contributed by atoms with van der Waals surface area (Å²) in [5.74, 6) is -1.03. The number of hydrogen-bond acceptors (Lipinski definition) is 1. The van der Waals surface area contributed by atoms with Crippen molar-refractivity contribution in [3.05, 3.63) is 34.4 Å². The molecule has 0 bridgehead atoms. The molecule has 0 unspecified atom stereocenters. The average Bonchev–Trinajstić information content (AvgIpc) is 2.16. The maximum atomic E-state index is 13.6. The lowest BCUT2D eigenvalue weighted by atomic mass is 9.64. The van der Waals surface area contributed by atoms with Gasteiger partial charge in [-0.2, -0.15) is 0 Å². The Hall–Kier alpha value is -0.670. The summed E-state index contributed by atoms with van der Waals surface area (Å²) < 4.78 is 26.9. The molecule has 1 aliphatic rings. The van der Waals surface area contributed by atoms with E-state index in [1.165, 1.54) is 0 Å². The fraction of sp³-hybridized carbons (Fsp3) is 0.455. The predicted octanol–water partition coefficient (Wildman–Crippen LogP) is 3.00. The molecule has 1 aromatic carbocycles. The summed E-state index contributed by atoms with van der Waals surface area (Å²) in [7, 11) is 0. The Morgan fingerprint density at radius 1 is 1.27 bits per heavy atom. The van der Waals surface area contributed by atoms with E-state index in [2.05, 4.69) is 0 Å². The van der Waals surface area contributed by atoms with Crippen LogP contribution in [0.1, 0.15) is 24.8 Å². The zero-order valence-corrected chi connectivity index (χ0v) is 8.95. The molecule has 82 valence electrons. The zero-order chi connectivity index (χ0) is 11.1. The van der Waals surface area contributed by atoms with Crippen LogP contribution < -0.4 is 5.73 Å². The SMILES string of the molecule is NCC1(c2c(F)ccc(F)c2Cl)CCC1. The first-order valence-corrected chi connectivity index (χ1v) is 5.32. The van der Waals surface area contributed by atoms with Gasteiger partial charge in [-0.15, -0.1) is 0 Å². The predicted molar refractivity (Wildman–Crippen MR) is 56.0 cm³/mol. The Labute approximate surface area is 92.2 Å². The Kier molecular flexibility index (Phi) is 2.69. The van der Waals surface area contributed by atoms with Gasteiger partial charge in [0.1, 0.15) is 11.6 Å². The van der Waals surface area contributed by atoms with Crippen LogP contribution in [0.4, 0.5) is 8.78 Å². The molecule has 1 aliphatic carbocycles. The van der Waals surface area contributed by atoms with Crippen LogP contribution in [-0.2, 0) is 5.41 Å². The minimum absolute atomic E-state index is 0.111. The van der Waals surface area contributed by atoms with Crippen molar-refractivity contribution in [2.24, 2.45) is 5.73 Å². The Morgan fingerprint density at radius 3 is 2.33 bits per heavy atom. The lowest BCUT2D eigenvalue weighted by Gasteiger charge is -2.42. The molecule has 0 saturated heterocycles. The van der Waals surface area contributed by atoms with E-state index in [-0.39, 0.29) is 10.6 Å². The van der Waals surface area contributed by atoms with E-state index in [0.717, 1.165) is 31.4 Å². The Bertz CT molecular complexity index is 383. The number of hydrogen-bond donors (Lipinski definition) is 1. The summed E-state index contributed by atoms with van der Waals surface area (Å²) in [5, 5.41) is -0.111. The Morgan fingerprint density at radius 2 is 1.87 bits per heavy atom. The lowest BCUT2D eigenvalue weighted by molar-refractivity contribution is 0.244. The van der Waals surface area contributed by atoms with Crippen molar-refractivity contribution in [3.63, 3.8) is 0 Å². The van der Waals surface area contributed by atoms with Crippen LogP contribution in [-0.4, -0.2) is 6.54 Å². The first-order valence-electron chi connectivity index (χ1n) is 4.95. The first-order chi connectivity index (χ1) is 7.10. The second-order valence-corrected chi connectivity index (χ2v) is 4.43. The van der Waals surface area contributed by atoms with E-state index in [9.17, 15) is 8.78 Å². The van der Waals surface area contributed by atoms with E-state index in [4.69, 9.17) is 17.3 Å². The van der Waals surface area contributed by atoms with Crippen molar-refractivity contribution >= 4 is 11.6 Å². The molecule has 2 rings (SSSR count). The van der Waals surface area contributed by atoms with Gasteiger partial charge in [0.2, 0.25) is 0 Å². The van der Waals surface area contributed by atoms with Gasteiger partial charge < -0.3 is 5.73 Å². The second-order valence-electron chi connectivity index (χ2n) is 4.06. The van der Waals surface area contributed by atoms with Gasteiger partial charge in [0.15, 0.2) is 0 Å². The topological polar surface area (TPSA) is 26.0 Å². The molecule has 0 amide bonds. The smallest absolute Gasteiger partial charge is 0.142 e. The molecule has 0 aliphatic heterocycles. The number of halogens is 3. The van der Waals surface area contributed by atoms with Crippen molar-refractivity contribution in [2.75, 3.05) is 6.54 Å². The largest absolute Gasteiger partial charge is 0.330 e. The molecule has 1 aromatic rings. The van der Waals surface area contributed by atoms with E-state index < -0.39 is 17.0 Å². The third kappa shape index (κ3) is 1.54. The summed E-state index contributed by atoms with van der Waals surface area (Å²) in [6, 6.07) is 2.16. The van der Waals surface area contributed by atoms with Crippen LogP contribution in [0, 0.1) is 11.6 Å². The first kappa shape index (κ1) is 10.8. The van der Waals surface area contributed by atoms with Gasteiger partial charge in [-0.25, -0.2) is 8.78 Å². The van der Waals surface area contributed by atoms with E-state index in [1.807, 2.05) is 0 Å². The number of nitrogens with two attached hydrogens (primary N) is 1. The summed E-state index contributed by atoms with van der Waals surface area (Å²) >= 11 is 5.80. The van der Waals surface area contributed by atoms with Gasteiger partial charge in [-0.3, -0.25) is 0 Å². The van der Waals surface area contributed by atoms with Crippen molar-refractivity contribution < 1.29 is 8.78 Å². The fourth-order valence-corrected chi connectivity index (χ4v) is 2.53. The molecule has 0 heterocycles.